The summed E-state index contributed by atoms with van der Waals surface area (Å²) in [5.74, 6) is 0.220. The molecule has 2 aromatic carbocycles. The van der Waals surface area contributed by atoms with Crippen molar-refractivity contribution >= 4 is 35.2 Å². The van der Waals surface area contributed by atoms with Crippen molar-refractivity contribution in [1.82, 2.24) is 10.2 Å². The van der Waals surface area contributed by atoms with Crippen molar-refractivity contribution in [2.75, 3.05) is 5.75 Å². The van der Waals surface area contributed by atoms with E-state index in [2.05, 4.69) is 5.32 Å². The standard InChI is InChI=1S/C26H33ClN2O2S/c1-3-24(26(31)28-22-11-5-4-6-12-22)29(17-20-10-8-7-9-19(20)2)25(30)18-32-23-15-13-21(27)14-16-23/h7-10,13-16,22,24H,3-6,11-12,17-18H2,1-2H3,(H,28,31)/t24-/m1/s1. The van der Waals surface area contributed by atoms with E-state index >= 15 is 0 Å². The first-order valence-electron chi connectivity index (χ1n) is 11.5. The van der Waals surface area contributed by atoms with E-state index in [0.717, 1.165) is 41.7 Å². The number of carbonyl (C=O) groups excluding carboxylic acids is 2. The Morgan fingerprint density at radius 1 is 1.09 bits per heavy atom. The lowest BCUT2D eigenvalue weighted by Gasteiger charge is -2.33. The number of amides is 2. The fraction of sp³-hybridized carbons (Fsp3) is 0.462. The van der Waals surface area contributed by atoms with Gasteiger partial charge in [0.15, 0.2) is 0 Å². The molecule has 2 aromatic rings. The van der Waals surface area contributed by atoms with Crippen molar-refractivity contribution in [2.24, 2.45) is 0 Å². The van der Waals surface area contributed by atoms with Gasteiger partial charge in [0.2, 0.25) is 11.8 Å². The SMILES string of the molecule is CC[C@H](C(=O)NC1CCCCC1)N(Cc1ccccc1C)C(=O)CSc1ccc(Cl)cc1. The van der Waals surface area contributed by atoms with Crippen molar-refractivity contribution in [3.8, 4) is 0 Å². The van der Waals surface area contributed by atoms with Gasteiger partial charge in [-0.05, 0) is 61.6 Å². The number of hydrogen-bond donors (Lipinski definition) is 1. The van der Waals surface area contributed by atoms with Gasteiger partial charge in [-0.3, -0.25) is 9.59 Å². The fourth-order valence-corrected chi connectivity index (χ4v) is 5.10. The molecule has 2 amide bonds. The lowest BCUT2D eigenvalue weighted by Crippen LogP contribution is -2.52. The summed E-state index contributed by atoms with van der Waals surface area (Å²) in [6.07, 6.45) is 6.20. The lowest BCUT2D eigenvalue weighted by atomic mass is 9.95. The van der Waals surface area contributed by atoms with Crippen LogP contribution in [0, 0.1) is 6.92 Å². The van der Waals surface area contributed by atoms with Crippen LogP contribution in [0.15, 0.2) is 53.4 Å². The maximum atomic E-state index is 13.4. The first-order chi connectivity index (χ1) is 15.5. The molecule has 0 bridgehead atoms. The Morgan fingerprint density at radius 3 is 2.44 bits per heavy atom. The van der Waals surface area contributed by atoms with Crippen LogP contribution in [0.1, 0.15) is 56.6 Å². The van der Waals surface area contributed by atoms with E-state index in [9.17, 15) is 9.59 Å². The summed E-state index contributed by atoms with van der Waals surface area (Å²) < 4.78 is 0. The predicted molar refractivity (Wildman–Crippen MR) is 133 cm³/mol. The van der Waals surface area contributed by atoms with Gasteiger partial charge in [-0.1, -0.05) is 62.1 Å². The van der Waals surface area contributed by atoms with Gasteiger partial charge in [0.1, 0.15) is 6.04 Å². The molecule has 3 rings (SSSR count). The molecule has 1 N–H and O–H groups in total. The Labute approximate surface area is 201 Å². The number of thioether (sulfide) groups is 1. The van der Waals surface area contributed by atoms with Crippen LogP contribution in [-0.2, 0) is 16.1 Å². The Morgan fingerprint density at radius 2 is 1.78 bits per heavy atom. The molecule has 0 aromatic heterocycles. The molecule has 0 radical (unpaired) electrons. The first kappa shape index (κ1) is 24.7. The first-order valence-corrected chi connectivity index (χ1v) is 12.9. The van der Waals surface area contributed by atoms with Crippen LogP contribution in [0.3, 0.4) is 0 Å². The number of nitrogens with zero attached hydrogens (tertiary/aromatic N) is 1. The zero-order valence-corrected chi connectivity index (χ0v) is 20.6. The van der Waals surface area contributed by atoms with Gasteiger partial charge in [-0.25, -0.2) is 0 Å². The van der Waals surface area contributed by atoms with Gasteiger partial charge < -0.3 is 10.2 Å². The molecule has 172 valence electrons. The van der Waals surface area contributed by atoms with Gasteiger partial charge in [0.25, 0.3) is 0 Å². The highest BCUT2D eigenvalue weighted by Gasteiger charge is 2.30. The predicted octanol–water partition coefficient (Wildman–Crippen LogP) is 6.00. The summed E-state index contributed by atoms with van der Waals surface area (Å²) in [7, 11) is 0. The highest BCUT2D eigenvalue weighted by molar-refractivity contribution is 8.00. The van der Waals surface area contributed by atoms with Crippen LogP contribution >= 0.6 is 23.4 Å². The zero-order valence-electron chi connectivity index (χ0n) is 19.0. The quantitative estimate of drug-likeness (QED) is 0.455. The van der Waals surface area contributed by atoms with E-state index in [-0.39, 0.29) is 23.6 Å². The van der Waals surface area contributed by atoms with Gasteiger partial charge in [0, 0.05) is 22.5 Å². The zero-order chi connectivity index (χ0) is 22.9. The molecule has 32 heavy (non-hydrogen) atoms. The third kappa shape index (κ3) is 7.01. The van der Waals surface area contributed by atoms with Crippen molar-refractivity contribution in [3.63, 3.8) is 0 Å². The highest BCUT2D eigenvalue weighted by Crippen LogP contribution is 2.23. The average molecular weight is 473 g/mol. The molecule has 1 fully saturated rings. The van der Waals surface area contributed by atoms with Gasteiger partial charge in [-0.2, -0.15) is 0 Å². The summed E-state index contributed by atoms with van der Waals surface area (Å²) in [4.78, 5) is 29.4. The third-order valence-corrected chi connectivity index (χ3v) is 7.36. The average Bonchev–Trinajstić information content (AvgIpc) is 2.80. The Bertz CT molecular complexity index is 897. The number of aryl methyl sites for hydroxylation is 1. The van der Waals surface area contributed by atoms with Gasteiger partial charge >= 0.3 is 0 Å². The summed E-state index contributed by atoms with van der Waals surface area (Å²) in [6.45, 7) is 4.46. The van der Waals surface area contributed by atoms with E-state index in [1.54, 1.807) is 4.90 Å². The number of carbonyl (C=O) groups is 2. The van der Waals surface area contributed by atoms with Crippen LogP contribution < -0.4 is 5.32 Å². The minimum Gasteiger partial charge on any atom is -0.352 e. The lowest BCUT2D eigenvalue weighted by molar-refractivity contribution is -0.139. The highest BCUT2D eigenvalue weighted by atomic mass is 35.5. The smallest absolute Gasteiger partial charge is 0.243 e. The van der Waals surface area contributed by atoms with Gasteiger partial charge in [0.05, 0.1) is 5.75 Å². The molecule has 0 saturated heterocycles. The van der Waals surface area contributed by atoms with E-state index in [4.69, 9.17) is 11.6 Å². The molecule has 1 aliphatic carbocycles. The van der Waals surface area contributed by atoms with Crippen molar-refractivity contribution in [2.45, 2.75) is 75.9 Å². The molecule has 0 unspecified atom stereocenters. The molecule has 1 saturated carbocycles. The second-order valence-electron chi connectivity index (χ2n) is 8.46. The van der Waals surface area contributed by atoms with E-state index in [1.807, 2.05) is 62.4 Å². The number of nitrogens with one attached hydrogen (secondary N) is 1. The number of benzene rings is 2. The van der Waals surface area contributed by atoms with Gasteiger partial charge in [-0.15, -0.1) is 11.8 Å². The summed E-state index contributed by atoms with van der Waals surface area (Å²) >= 11 is 7.45. The Balaban J connectivity index is 1.75. The summed E-state index contributed by atoms with van der Waals surface area (Å²) in [5, 5.41) is 3.90. The molecule has 4 nitrogen and oxygen atoms in total. The van der Waals surface area contributed by atoms with Crippen LogP contribution in [-0.4, -0.2) is 34.6 Å². The number of hydrogen-bond acceptors (Lipinski definition) is 3. The van der Waals surface area contributed by atoms with Crippen LogP contribution in [0.4, 0.5) is 0 Å². The molecule has 6 heteroatoms. The fourth-order valence-electron chi connectivity index (χ4n) is 4.19. The monoisotopic (exact) mass is 472 g/mol. The molecular weight excluding hydrogens is 440 g/mol. The van der Waals surface area contributed by atoms with Crippen molar-refractivity contribution < 1.29 is 9.59 Å². The van der Waals surface area contributed by atoms with Crippen LogP contribution in [0.25, 0.3) is 0 Å². The molecule has 0 spiro atoms. The molecule has 1 aliphatic rings. The maximum absolute atomic E-state index is 13.4. The number of rotatable bonds is 9. The van der Waals surface area contributed by atoms with Crippen LogP contribution in [0.5, 0.6) is 0 Å². The van der Waals surface area contributed by atoms with E-state index in [1.165, 1.54) is 18.2 Å². The largest absolute Gasteiger partial charge is 0.352 e. The maximum Gasteiger partial charge on any atom is 0.243 e. The molecule has 1 atom stereocenters. The second-order valence-corrected chi connectivity index (χ2v) is 9.94. The normalized spacial score (nSPS) is 15.2. The second kappa shape index (κ2) is 12.3. The Hall–Kier alpha value is -1.98. The Kier molecular flexibility index (Phi) is 9.49. The van der Waals surface area contributed by atoms with Crippen molar-refractivity contribution in [1.29, 1.82) is 0 Å². The topological polar surface area (TPSA) is 49.4 Å². The van der Waals surface area contributed by atoms with E-state index < -0.39 is 6.04 Å². The van der Waals surface area contributed by atoms with Crippen LogP contribution in [0.2, 0.25) is 5.02 Å². The molecule has 0 heterocycles. The minimum absolute atomic E-state index is 0.0288. The van der Waals surface area contributed by atoms with Crippen molar-refractivity contribution in [3.05, 3.63) is 64.7 Å². The van der Waals surface area contributed by atoms with E-state index in [0.29, 0.717) is 18.0 Å². The summed E-state index contributed by atoms with van der Waals surface area (Å²) in [5.41, 5.74) is 2.19. The molecule has 0 aliphatic heterocycles. The molecular formula is C26H33ClN2O2S. The number of halogens is 1. The third-order valence-electron chi connectivity index (χ3n) is 6.12. The minimum atomic E-state index is -0.477. The summed E-state index contributed by atoms with van der Waals surface area (Å²) in [6, 6.07) is 15.3.